The number of rotatable bonds is 0. The topological polar surface area (TPSA) is 23.8 Å². The first-order chi connectivity index (χ1) is 1.00. The van der Waals surface area contributed by atoms with Gasteiger partial charge >= 0.3 is 37.7 Å². The van der Waals surface area contributed by atoms with Crippen LogP contribution in [-0.4, -0.2) is 37.7 Å². The first-order valence-electron chi connectivity index (χ1n) is 0.258. The van der Waals surface area contributed by atoms with Crippen molar-refractivity contribution in [1.82, 2.24) is 0 Å². The predicted octanol–water partition coefficient (Wildman–Crippen LogP) is -0.0185. The minimum atomic E-state index is 0. The van der Waals surface area contributed by atoms with E-state index in [1.165, 1.54) is 0 Å². The number of nitriles is 1. The summed E-state index contributed by atoms with van der Waals surface area (Å²) < 4.78 is 0. The van der Waals surface area contributed by atoms with Crippen molar-refractivity contribution in [2.75, 3.05) is 0 Å². The predicted molar refractivity (Wildman–Crippen MR) is 14.6 cm³/mol. The van der Waals surface area contributed by atoms with E-state index in [9.17, 15) is 0 Å². The van der Waals surface area contributed by atoms with E-state index >= 15 is 0 Å². The molecule has 0 saturated carbocycles. The molecule has 0 aliphatic carbocycles. The molecule has 0 unspecified atom stereocenters. The fourth-order valence-corrected chi connectivity index (χ4v) is 0. The molecule has 0 fully saturated rings. The van der Waals surface area contributed by atoms with Crippen LogP contribution in [0.3, 0.4) is 0 Å². The van der Waals surface area contributed by atoms with Gasteiger partial charge in [-0.3, -0.25) is 0 Å². The zero-order valence-electron chi connectivity index (χ0n) is 4.03. The average Bonchev–Trinajstić information content (AvgIpc) is 1.00. The summed E-state index contributed by atoms with van der Waals surface area (Å²) in [7, 11) is 0. The Morgan fingerprint density at radius 2 is 1.50 bits per heavy atom. The molecule has 3 heteroatoms. The van der Waals surface area contributed by atoms with E-state index in [2.05, 4.69) is 6.57 Å². The van der Waals surface area contributed by atoms with E-state index in [4.69, 9.17) is 5.26 Å². The van der Waals surface area contributed by atoms with E-state index in [0.717, 1.165) is 0 Å². The summed E-state index contributed by atoms with van der Waals surface area (Å²) in [5.41, 5.74) is 0. The van der Waals surface area contributed by atoms with Crippen LogP contribution < -0.4 is 0 Å². The quantitative estimate of drug-likeness (QED) is 0.565. The Hall–Kier alpha value is 1.49. The van der Waals surface area contributed by atoms with Gasteiger partial charge in [0, 0.05) is 29.0 Å². The van der Waals surface area contributed by atoms with Crippen molar-refractivity contribution in [3.63, 3.8) is 0 Å². The first kappa shape index (κ1) is 17.9. The van der Waals surface area contributed by atoms with Crippen molar-refractivity contribution in [2.45, 2.75) is 0 Å². The molecule has 0 aromatic rings. The van der Waals surface area contributed by atoms with Crippen molar-refractivity contribution >= 4 is 37.7 Å². The van der Waals surface area contributed by atoms with E-state index in [0.29, 0.717) is 0 Å². The van der Waals surface area contributed by atoms with Gasteiger partial charge in [0.15, 0.2) is 0 Å². The van der Waals surface area contributed by atoms with Gasteiger partial charge < -0.3 is 2.85 Å². The van der Waals surface area contributed by atoms with Crippen LogP contribution in [0.15, 0.2) is 0 Å². The van der Waals surface area contributed by atoms with E-state index < -0.39 is 0 Å². The van der Waals surface area contributed by atoms with Crippen LogP contribution in [0.2, 0.25) is 0 Å². The van der Waals surface area contributed by atoms with E-state index in [1.54, 1.807) is 0 Å². The molecule has 25 valence electrons. The van der Waals surface area contributed by atoms with Crippen molar-refractivity contribution in [2.24, 2.45) is 0 Å². The Labute approximate surface area is 73.9 Å². The Kier molecular flexibility index (Phi) is 110. The van der Waals surface area contributed by atoms with Crippen molar-refractivity contribution in [3.05, 3.63) is 0 Å². The molecule has 1 nitrogen and oxygen atoms in total. The van der Waals surface area contributed by atoms with Gasteiger partial charge in [-0.1, -0.05) is 0 Å². The maximum atomic E-state index is 6.50. The minimum Gasteiger partial charge on any atom is -1.00 e. The third kappa shape index (κ3) is 9.75. The van der Waals surface area contributed by atoms with Gasteiger partial charge in [0.05, 0.1) is 0 Å². The normalized spacial score (nSPS) is 0.500. The van der Waals surface area contributed by atoms with E-state index in [1.807, 2.05) is 0 Å². The number of hydrogen-bond acceptors (Lipinski definition) is 1. The molecule has 0 amide bonds. The monoisotopic (exact) mass is 266 g/mol. The average molecular weight is 266 g/mol. The molecule has 0 bridgehead atoms. The molecule has 4 heavy (non-hydrogen) atoms. The zero-order valence-corrected chi connectivity index (χ0v) is 6.41. The summed E-state index contributed by atoms with van der Waals surface area (Å²) >= 11 is 0. The molecule has 0 spiro atoms. The second kappa shape index (κ2) is 24.6. The van der Waals surface area contributed by atoms with Gasteiger partial charge in [-0.2, -0.15) is 0 Å². The smallest absolute Gasteiger partial charge is 1.00 e. The molecule has 0 saturated heterocycles. The molecule has 0 atom stereocenters. The molecule has 0 aromatic heterocycles. The molecule has 0 rings (SSSR count). The van der Waals surface area contributed by atoms with Crippen molar-refractivity contribution in [3.8, 4) is 6.57 Å². The van der Waals surface area contributed by atoms with Gasteiger partial charge in [0.1, 0.15) is 0 Å². The Balaban J connectivity index is -0.000000000833. The fraction of sp³-hybridized carbons (Fsp3) is 0. The van der Waals surface area contributed by atoms with Gasteiger partial charge in [-0.25, -0.2) is 5.26 Å². The Morgan fingerprint density at radius 1 is 1.50 bits per heavy atom. The third-order valence-electron chi connectivity index (χ3n) is 0. The molecule has 1 radical (unpaired) electrons. The van der Waals surface area contributed by atoms with Crippen molar-refractivity contribution in [1.29, 1.82) is 5.26 Å². The van der Waals surface area contributed by atoms with Crippen LogP contribution >= 0.6 is 0 Å². The molecule has 0 aromatic carbocycles. The second-order valence-electron chi connectivity index (χ2n) is 0. The second-order valence-corrected chi connectivity index (χ2v) is 0. The molecular weight excluding hydrogens is 263 g/mol. The summed E-state index contributed by atoms with van der Waals surface area (Å²) in [4.78, 5) is 0. The van der Waals surface area contributed by atoms with Crippen LogP contribution in [0.1, 0.15) is 2.85 Å². The van der Waals surface area contributed by atoms with Crippen LogP contribution in [0.25, 0.3) is 0 Å². The molecular formula is CH3AuCaN. The summed E-state index contributed by atoms with van der Waals surface area (Å²) in [6.45, 7) is 3.50. The van der Waals surface area contributed by atoms with Crippen LogP contribution in [0.4, 0.5) is 0 Å². The first-order valence-corrected chi connectivity index (χ1v) is 0.258. The van der Waals surface area contributed by atoms with Crippen LogP contribution in [-0.2, 0) is 22.4 Å². The van der Waals surface area contributed by atoms with Crippen LogP contribution in [0, 0.1) is 11.8 Å². The third-order valence-corrected chi connectivity index (χ3v) is 0. The van der Waals surface area contributed by atoms with Gasteiger partial charge in [0.2, 0.25) is 0 Å². The Morgan fingerprint density at radius 3 is 1.50 bits per heavy atom. The summed E-state index contributed by atoms with van der Waals surface area (Å²) in [6, 6.07) is 0. The molecule has 0 N–H and O–H groups in total. The van der Waals surface area contributed by atoms with E-state index in [-0.39, 0.29) is 63.0 Å². The Bertz CT molecular complexity index is 18.3. The maximum absolute atomic E-state index is 6.50. The molecule has 0 aliphatic rings. The number of hydrogen-bond donors (Lipinski definition) is 0. The standard InChI is InChI=1S/CHN.Au.Ca.2H/c1-2;;;;/h1H;;;;/q;;+2;2*-1. The van der Waals surface area contributed by atoms with Gasteiger partial charge in [-0.05, 0) is 0 Å². The van der Waals surface area contributed by atoms with Gasteiger partial charge in [0.25, 0.3) is 0 Å². The summed E-state index contributed by atoms with van der Waals surface area (Å²) in [5.74, 6) is 0. The maximum Gasteiger partial charge on any atom is 2.00 e. The molecule has 0 heterocycles. The number of nitrogens with zero attached hydrogens (tertiary/aromatic N) is 1. The summed E-state index contributed by atoms with van der Waals surface area (Å²) in [5, 5.41) is 6.50. The van der Waals surface area contributed by atoms with Gasteiger partial charge in [-0.15, -0.1) is 0 Å². The SMILES string of the molecule is C#N.[Au].[Ca+2].[H-].[H-]. The largest absolute Gasteiger partial charge is 2.00 e. The fourth-order valence-electron chi connectivity index (χ4n) is 0. The van der Waals surface area contributed by atoms with Crippen molar-refractivity contribution < 1.29 is 25.2 Å². The minimum absolute atomic E-state index is 0. The molecule has 0 aliphatic heterocycles. The van der Waals surface area contributed by atoms with Crippen LogP contribution in [0.5, 0.6) is 0 Å². The zero-order chi connectivity index (χ0) is 2.00. The summed E-state index contributed by atoms with van der Waals surface area (Å²) in [6.07, 6.45) is 0.